The number of aryl methyl sites for hydroxylation is 1. The predicted molar refractivity (Wildman–Crippen MR) is 65.1 cm³/mol. The molecule has 18 heavy (non-hydrogen) atoms. The Morgan fingerprint density at radius 1 is 1.28 bits per heavy atom. The standard InChI is InChI=1S/C11H12N2O4S/c1-8-6-11(14)13(12-8)7-9-2-4-10(5-3-9)18(15,16)17/h2-6,12H,7H2,1H3,(H,15,16,17). The second-order valence-electron chi connectivity index (χ2n) is 3.98. The van der Waals surface area contributed by atoms with Crippen LogP contribution >= 0.6 is 0 Å². The molecule has 0 saturated carbocycles. The van der Waals surface area contributed by atoms with Gasteiger partial charge in [0.05, 0.1) is 11.4 Å². The van der Waals surface area contributed by atoms with E-state index in [1.807, 2.05) is 0 Å². The molecule has 0 unspecified atom stereocenters. The van der Waals surface area contributed by atoms with Gasteiger partial charge >= 0.3 is 0 Å². The summed E-state index contributed by atoms with van der Waals surface area (Å²) in [4.78, 5) is 11.3. The van der Waals surface area contributed by atoms with Crippen LogP contribution < -0.4 is 5.56 Å². The van der Waals surface area contributed by atoms with E-state index in [9.17, 15) is 13.2 Å². The van der Waals surface area contributed by atoms with Crippen LogP contribution in [0.15, 0.2) is 40.0 Å². The maximum atomic E-state index is 11.5. The molecule has 96 valence electrons. The highest BCUT2D eigenvalue weighted by Gasteiger charge is 2.08. The highest BCUT2D eigenvalue weighted by atomic mass is 32.2. The van der Waals surface area contributed by atoms with Gasteiger partial charge in [0.1, 0.15) is 0 Å². The highest BCUT2D eigenvalue weighted by Crippen LogP contribution is 2.10. The zero-order valence-corrected chi connectivity index (χ0v) is 10.4. The summed E-state index contributed by atoms with van der Waals surface area (Å²) < 4.78 is 32.0. The minimum atomic E-state index is -4.17. The van der Waals surface area contributed by atoms with Crippen LogP contribution in [0, 0.1) is 6.92 Å². The van der Waals surface area contributed by atoms with Crippen LogP contribution in [-0.4, -0.2) is 22.8 Å². The molecule has 2 N–H and O–H groups in total. The molecule has 0 radical (unpaired) electrons. The van der Waals surface area contributed by atoms with Crippen molar-refractivity contribution < 1.29 is 13.0 Å². The SMILES string of the molecule is Cc1cc(=O)n(Cc2ccc(S(=O)(=O)O)cc2)[nH]1. The Kier molecular flexibility index (Phi) is 3.10. The Balaban J connectivity index is 2.26. The molecule has 1 heterocycles. The van der Waals surface area contributed by atoms with E-state index in [1.165, 1.54) is 22.9 Å². The number of H-pyrrole nitrogens is 1. The fourth-order valence-corrected chi connectivity index (χ4v) is 2.11. The van der Waals surface area contributed by atoms with Crippen molar-refractivity contribution in [2.75, 3.05) is 0 Å². The molecule has 2 rings (SSSR count). The molecule has 1 aromatic heterocycles. The van der Waals surface area contributed by atoms with Crippen molar-refractivity contribution in [1.82, 2.24) is 9.78 Å². The third kappa shape index (κ3) is 2.69. The van der Waals surface area contributed by atoms with Gasteiger partial charge in [-0.25, -0.2) is 4.68 Å². The second-order valence-corrected chi connectivity index (χ2v) is 5.40. The Morgan fingerprint density at radius 3 is 2.33 bits per heavy atom. The number of hydrogen-bond donors (Lipinski definition) is 2. The van der Waals surface area contributed by atoms with Crippen LogP contribution in [0.1, 0.15) is 11.3 Å². The van der Waals surface area contributed by atoms with E-state index in [-0.39, 0.29) is 10.5 Å². The van der Waals surface area contributed by atoms with E-state index < -0.39 is 10.1 Å². The number of hydrogen-bond acceptors (Lipinski definition) is 3. The van der Waals surface area contributed by atoms with Gasteiger partial charge in [-0.05, 0) is 24.6 Å². The average Bonchev–Trinajstić information content (AvgIpc) is 2.57. The minimum absolute atomic E-state index is 0.147. The lowest BCUT2D eigenvalue weighted by Crippen LogP contribution is -2.16. The van der Waals surface area contributed by atoms with E-state index in [0.29, 0.717) is 6.54 Å². The van der Waals surface area contributed by atoms with Crippen LogP contribution in [0.3, 0.4) is 0 Å². The second kappa shape index (κ2) is 4.43. The van der Waals surface area contributed by atoms with Gasteiger partial charge in [0, 0.05) is 11.8 Å². The van der Waals surface area contributed by atoms with Crippen molar-refractivity contribution in [3.05, 3.63) is 51.9 Å². The predicted octanol–water partition coefficient (Wildman–Crippen LogP) is 0.780. The molecule has 7 heteroatoms. The number of aromatic nitrogens is 2. The maximum Gasteiger partial charge on any atom is 0.294 e. The van der Waals surface area contributed by atoms with Crippen molar-refractivity contribution in [2.45, 2.75) is 18.4 Å². The fraction of sp³-hybridized carbons (Fsp3) is 0.182. The van der Waals surface area contributed by atoms with Crippen molar-refractivity contribution in [1.29, 1.82) is 0 Å². The van der Waals surface area contributed by atoms with Crippen LogP contribution in [0.2, 0.25) is 0 Å². The van der Waals surface area contributed by atoms with E-state index >= 15 is 0 Å². The first-order valence-electron chi connectivity index (χ1n) is 5.19. The monoisotopic (exact) mass is 268 g/mol. The maximum absolute atomic E-state index is 11.5. The molecule has 0 bridgehead atoms. The number of benzene rings is 1. The molecule has 6 nitrogen and oxygen atoms in total. The molecule has 0 spiro atoms. The molecular formula is C11H12N2O4S. The van der Waals surface area contributed by atoms with Gasteiger partial charge in [-0.15, -0.1) is 0 Å². The van der Waals surface area contributed by atoms with Gasteiger partial charge in [-0.3, -0.25) is 14.4 Å². The summed E-state index contributed by atoms with van der Waals surface area (Å²) in [5, 5.41) is 2.87. The van der Waals surface area contributed by atoms with Gasteiger partial charge in [-0.1, -0.05) is 12.1 Å². The lowest BCUT2D eigenvalue weighted by molar-refractivity contribution is 0.483. The number of nitrogens with one attached hydrogen (secondary N) is 1. The summed E-state index contributed by atoms with van der Waals surface area (Å²) in [6.07, 6.45) is 0. The molecular weight excluding hydrogens is 256 g/mol. The summed E-state index contributed by atoms with van der Waals surface area (Å²) in [5.74, 6) is 0. The van der Waals surface area contributed by atoms with Crippen molar-refractivity contribution in [3.63, 3.8) is 0 Å². The molecule has 0 aliphatic rings. The van der Waals surface area contributed by atoms with Gasteiger partial charge in [0.25, 0.3) is 15.7 Å². The highest BCUT2D eigenvalue weighted by molar-refractivity contribution is 7.85. The summed E-state index contributed by atoms with van der Waals surface area (Å²) in [6.45, 7) is 2.10. The Bertz CT molecular complexity index is 710. The summed E-state index contributed by atoms with van der Waals surface area (Å²) in [7, 11) is -4.17. The first-order chi connectivity index (χ1) is 8.36. The van der Waals surface area contributed by atoms with Crippen LogP contribution in [0.5, 0.6) is 0 Å². The van der Waals surface area contributed by atoms with Crippen LogP contribution in [0.25, 0.3) is 0 Å². The van der Waals surface area contributed by atoms with Crippen LogP contribution in [-0.2, 0) is 16.7 Å². The first kappa shape index (κ1) is 12.6. The Hall–Kier alpha value is -1.86. The topological polar surface area (TPSA) is 92.2 Å². The van der Waals surface area contributed by atoms with Crippen molar-refractivity contribution in [2.24, 2.45) is 0 Å². The average molecular weight is 268 g/mol. The van der Waals surface area contributed by atoms with Gasteiger partial charge in [-0.2, -0.15) is 8.42 Å². The molecule has 0 saturated heterocycles. The molecule has 0 aliphatic heterocycles. The van der Waals surface area contributed by atoms with Gasteiger partial charge < -0.3 is 0 Å². The number of rotatable bonds is 3. The van der Waals surface area contributed by atoms with Crippen molar-refractivity contribution >= 4 is 10.1 Å². The third-order valence-corrected chi connectivity index (χ3v) is 3.35. The molecule has 0 fully saturated rings. The normalized spacial score (nSPS) is 11.7. The Morgan fingerprint density at radius 2 is 1.89 bits per heavy atom. The minimum Gasteiger partial charge on any atom is -0.300 e. The summed E-state index contributed by atoms with van der Waals surface area (Å²) in [5.41, 5.74) is 1.37. The van der Waals surface area contributed by atoms with Crippen LogP contribution in [0.4, 0.5) is 0 Å². The fourth-order valence-electron chi connectivity index (χ4n) is 1.63. The Labute approximate surface area is 104 Å². The van der Waals surface area contributed by atoms with Gasteiger partial charge in [0.2, 0.25) is 0 Å². The van der Waals surface area contributed by atoms with E-state index in [0.717, 1.165) is 11.3 Å². The van der Waals surface area contributed by atoms with Gasteiger partial charge in [0.15, 0.2) is 0 Å². The van der Waals surface area contributed by atoms with E-state index in [4.69, 9.17) is 4.55 Å². The molecule has 0 aliphatic carbocycles. The molecule has 1 aromatic carbocycles. The lowest BCUT2D eigenvalue weighted by atomic mass is 10.2. The smallest absolute Gasteiger partial charge is 0.294 e. The van der Waals surface area contributed by atoms with E-state index in [1.54, 1.807) is 19.1 Å². The van der Waals surface area contributed by atoms with Crippen molar-refractivity contribution in [3.8, 4) is 0 Å². The summed E-state index contributed by atoms with van der Waals surface area (Å²) >= 11 is 0. The lowest BCUT2D eigenvalue weighted by Gasteiger charge is -2.03. The quantitative estimate of drug-likeness (QED) is 0.805. The molecule has 0 amide bonds. The molecule has 2 aromatic rings. The number of aromatic amines is 1. The van der Waals surface area contributed by atoms with E-state index in [2.05, 4.69) is 5.10 Å². The first-order valence-corrected chi connectivity index (χ1v) is 6.63. The zero-order valence-electron chi connectivity index (χ0n) is 9.62. The summed E-state index contributed by atoms with van der Waals surface area (Å²) in [6, 6.07) is 7.17. The number of nitrogens with zero attached hydrogens (tertiary/aromatic N) is 1. The zero-order chi connectivity index (χ0) is 13.3. The third-order valence-electron chi connectivity index (χ3n) is 2.48. The molecule has 0 atom stereocenters. The largest absolute Gasteiger partial charge is 0.300 e.